The molecule has 2 rings (SSSR count). The molecule has 4 nitrogen and oxygen atoms in total. The lowest BCUT2D eigenvalue weighted by molar-refractivity contribution is -0.120. The molecule has 2 atom stereocenters. The van der Waals surface area contributed by atoms with Crippen LogP contribution in [0.4, 0.5) is 5.00 Å². The Hall–Kier alpha value is -1.36. The van der Waals surface area contributed by atoms with Crippen molar-refractivity contribution in [3.8, 4) is 0 Å². The van der Waals surface area contributed by atoms with Crippen molar-refractivity contribution in [3.63, 3.8) is 0 Å². The molecule has 1 aliphatic rings. The van der Waals surface area contributed by atoms with Crippen molar-refractivity contribution in [2.45, 2.75) is 33.1 Å². The highest BCUT2D eigenvalue weighted by Gasteiger charge is 2.30. The van der Waals surface area contributed by atoms with Gasteiger partial charge < -0.3 is 10.4 Å². The maximum atomic E-state index is 12.1. The molecule has 1 saturated carbocycles. The molecule has 0 saturated heterocycles. The summed E-state index contributed by atoms with van der Waals surface area (Å²) in [5, 5.41) is 12.3. The summed E-state index contributed by atoms with van der Waals surface area (Å²) in [6.07, 6.45) is 3.06. The van der Waals surface area contributed by atoms with Gasteiger partial charge in [0.05, 0.1) is 5.56 Å². The Labute approximate surface area is 110 Å². The van der Waals surface area contributed by atoms with Gasteiger partial charge in [-0.05, 0) is 31.7 Å². The fourth-order valence-electron chi connectivity index (χ4n) is 2.51. The quantitative estimate of drug-likeness (QED) is 0.884. The molecule has 18 heavy (non-hydrogen) atoms. The molecule has 1 heterocycles. The van der Waals surface area contributed by atoms with Crippen LogP contribution in [-0.4, -0.2) is 17.0 Å². The third-order valence-corrected chi connectivity index (χ3v) is 4.49. The van der Waals surface area contributed by atoms with Crippen molar-refractivity contribution in [1.82, 2.24) is 0 Å². The molecule has 1 aliphatic carbocycles. The smallest absolute Gasteiger partial charge is 0.338 e. The lowest BCUT2D eigenvalue weighted by Crippen LogP contribution is -2.24. The maximum Gasteiger partial charge on any atom is 0.338 e. The number of thiophene rings is 1. The van der Waals surface area contributed by atoms with Crippen LogP contribution >= 0.6 is 11.3 Å². The first kappa shape index (κ1) is 13.1. The van der Waals surface area contributed by atoms with Crippen LogP contribution < -0.4 is 5.32 Å². The van der Waals surface area contributed by atoms with E-state index in [0.29, 0.717) is 10.9 Å². The molecule has 0 bridgehead atoms. The van der Waals surface area contributed by atoms with Gasteiger partial charge in [-0.3, -0.25) is 4.79 Å². The van der Waals surface area contributed by atoms with Gasteiger partial charge in [-0.2, -0.15) is 0 Å². The molecule has 2 N–H and O–H groups in total. The Morgan fingerprint density at radius 3 is 2.72 bits per heavy atom. The van der Waals surface area contributed by atoms with Crippen molar-refractivity contribution in [2.24, 2.45) is 11.8 Å². The van der Waals surface area contributed by atoms with Gasteiger partial charge in [0.15, 0.2) is 0 Å². The number of carboxylic acids is 1. The number of hydrogen-bond donors (Lipinski definition) is 2. The molecule has 1 aromatic rings. The number of rotatable bonds is 3. The van der Waals surface area contributed by atoms with Gasteiger partial charge in [-0.15, -0.1) is 11.3 Å². The number of anilines is 1. The average Bonchev–Trinajstić information content (AvgIpc) is 2.84. The number of amides is 1. The number of nitrogens with one attached hydrogen (secondary N) is 1. The van der Waals surface area contributed by atoms with E-state index in [1.807, 2.05) is 6.92 Å². The summed E-state index contributed by atoms with van der Waals surface area (Å²) in [7, 11) is 0. The van der Waals surface area contributed by atoms with E-state index in [4.69, 9.17) is 5.11 Å². The lowest BCUT2D eigenvalue weighted by atomic mass is 9.97. The van der Waals surface area contributed by atoms with Gasteiger partial charge in [0.25, 0.3) is 0 Å². The van der Waals surface area contributed by atoms with Crippen molar-refractivity contribution in [1.29, 1.82) is 0 Å². The largest absolute Gasteiger partial charge is 0.478 e. The van der Waals surface area contributed by atoms with Gasteiger partial charge in [0.1, 0.15) is 5.00 Å². The zero-order chi connectivity index (χ0) is 13.3. The van der Waals surface area contributed by atoms with Crippen LogP contribution in [0.25, 0.3) is 0 Å². The van der Waals surface area contributed by atoms with E-state index in [0.717, 1.165) is 24.1 Å². The van der Waals surface area contributed by atoms with Crippen LogP contribution in [0, 0.1) is 18.8 Å². The van der Waals surface area contributed by atoms with E-state index in [9.17, 15) is 9.59 Å². The highest BCUT2D eigenvalue weighted by Crippen LogP contribution is 2.34. The number of aromatic carboxylic acids is 1. The molecular formula is C13H17NO3S. The first-order valence-electron chi connectivity index (χ1n) is 6.13. The molecule has 98 valence electrons. The van der Waals surface area contributed by atoms with Crippen LogP contribution in [0.15, 0.2) is 6.07 Å². The van der Waals surface area contributed by atoms with E-state index in [-0.39, 0.29) is 17.4 Å². The van der Waals surface area contributed by atoms with E-state index in [1.54, 1.807) is 6.07 Å². The van der Waals surface area contributed by atoms with Gasteiger partial charge >= 0.3 is 5.97 Å². The van der Waals surface area contributed by atoms with Crippen LogP contribution in [-0.2, 0) is 4.79 Å². The van der Waals surface area contributed by atoms with Gasteiger partial charge in [0, 0.05) is 10.8 Å². The molecule has 1 aromatic heterocycles. The first-order valence-corrected chi connectivity index (χ1v) is 6.95. The Balaban J connectivity index is 2.14. The third kappa shape index (κ3) is 2.56. The number of hydrogen-bond acceptors (Lipinski definition) is 3. The maximum absolute atomic E-state index is 12.1. The minimum atomic E-state index is -0.992. The highest BCUT2D eigenvalue weighted by atomic mass is 32.1. The van der Waals surface area contributed by atoms with E-state index in [1.165, 1.54) is 11.3 Å². The minimum Gasteiger partial charge on any atom is -0.478 e. The number of carbonyl (C=O) groups excluding carboxylic acids is 1. The van der Waals surface area contributed by atoms with Crippen LogP contribution in [0.1, 0.15) is 41.4 Å². The Morgan fingerprint density at radius 2 is 2.17 bits per heavy atom. The zero-order valence-corrected chi connectivity index (χ0v) is 11.3. The van der Waals surface area contributed by atoms with Crippen molar-refractivity contribution < 1.29 is 14.7 Å². The number of carboxylic acid groups (broad SMARTS) is 1. The fourth-order valence-corrected chi connectivity index (χ4v) is 3.41. The predicted molar refractivity (Wildman–Crippen MR) is 71.2 cm³/mol. The van der Waals surface area contributed by atoms with Crippen LogP contribution in [0.5, 0.6) is 0 Å². The average molecular weight is 267 g/mol. The first-order chi connectivity index (χ1) is 8.49. The molecule has 0 radical (unpaired) electrons. The Bertz CT molecular complexity index is 481. The summed E-state index contributed by atoms with van der Waals surface area (Å²) in [6, 6.07) is 1.60. The van der Waals surface area contributed by atoms with Crippen LogP contribution in [0.2, 0.25) is 0 Å². The minimum absolute atomic E-state index is 0.0223. The molecular weight excluding hydrogens is 250 g/mol. The van der Waals surface area contributed by atoms with Gasteiger partial charge in [0.2, 0.25) is 5.91 Å². The zero-order valence-electron chi connectivity index (χ0n) is 10.5. The van der Waals surface area contributed by atoms with E-state index < -0.39 is 5.97 Å². The SMILES string of the molecule is Cc1cc(C(=O)O)c(NC(=O)C2CCCC2C)s1. The lowest BCUT2D eigenvalue weighted by Gasteiger charge is -2.14. The van der Waals surface area contributed by atoms with Gasteiger partial charge in [-0.1, -0.05) is 13.3 Å². The van der Waals surface area contributed by atoms with Crippen molar-refractivity contribution >= 4 is 28.2 Å². The second-order valence-corrected chi connectivity index (χ2v) is 6.17. The summed E-state index contributed by atoms with van der Waals surface area (Å²) < 4.78 is 0. The highest BCUT2D eigenvalue weighted by molar-refractivity contribution is 7.16. The second-order valence-electron chi connectivity index (χ2n) is 4.91. The molecule has 1 fully saturated rings. The number of aryl methyl sites for hydroxylation is 1. The molecule has 0 aromatic carbocycles. The molecule has 0 aliphatic heterocycles. The Morgan fingerprint density at radius 1 is 1.44 bits per heavy atom. The predicted octanol–water partition coefficient (Wildman–Crippen LogP) is 3.13. The molecule has 5 heteroatoms. The van der Waals surface area contributed by atoms with Gasteiger partial charge in [-0.25, -0.2) is 4.79 Å². The molecule has 0 spiro atoms. The Kier molecular flexibility index (Phi) is 3.71. The monoisotopic (exact) mass is 267 g/mol. The summed E-state index contributed by atoms with van der Waals surface area (Å²) in [5.74, 6) is -0.619. The second kappa shape index (κ2) is 5.10. The third-order valence-electron chi connectivity index (χ3n) is 3.52. The van der Waals surface area contributed by atoms with Crippen molar-refractivity contribution in [3.05, 3.63) is 16.5 Å². The van der Waals surface area contributed by atoms with Crippen molar-refractivity contribution in [2.75, 3.05) is 5.32 Å². The topological polar surface area (TPSA) is 66.4 Å². The fraction of sp³-hybridized carbons (Fsp3) is 0.538. The standard InChI is InChI=1S/C13H17NO3S/c1-7-4-3-5-9(7)11(15)14-12-10(13(16)17)6-8(2)18-12/h6-7,9H,3-5H2,1-2H3,(H,14,15)(H,16,17). The van der Waals surface area contributed by atoms with Crippen LogP contribution in [0.3, 0.4) is 0 Å². The van der Waals surface area contributed by atoms with E-state index in [2.05, 4.69) is 12.2 Å². The summed E-state index contributed by atoms with van der Waals surface area (Å²) >= 11 is 1.32. The summed E-state index contributed by atoms with van der Waals surface area (Å²) in [5.41, 5.74) is 0.191. The normalized spacial score (nSPS) is 23.0. The van der Waals surface area contributed by atoms with E-state index >= 15 is 0 Å². The molecule has 1 amide bonds. The molecule has 2 unspecified atom stereocenters. The number of carbonyl (C=O) groups is 2. The summed E-state index contributed by atoms with van der Waals surface area (Å²) in [6.45, 7) is 3.92. The summed E-state index contributed by atoms with van der Waals surface area (Å²) in [4.78, 5) is 24.1.